The van der Waals surface area contributed by atoms with E-state index in [1.165, 1.54) is 0 Å². The fourth-order valence-electron chi connectivity index (χ4n) is 0.576. The molecule has 0 aromatic heterocycles. The number of quaternary nitrogens is 1. The fraction of sp³-hybridized carbons (Fsp3) is 1.00. The number of nitrogens with two attached hydrogens (primary N) is 1. The van der Waals surface area contributed by atoms with Crippen LogP contribution in [-0.4, -0.2) is 25.2 Å². The summed E-state index contributed by atoms with van der Waals surface area (Å²) in [6.45, 7) is 3.19. The quantitative estimate of drug-likeness (QED) is 0.287. The first-order chi connectivity index (χ1) is 3.06. The first kappa shape index (κ1) is 16.2. The van der Waals surface area contributed by atoms with E-state index < -0.39 is 0 Å². The zero-order chi connectivity index (χ0) is 5.91. The van der Waals surface area contributed by atoms with Crippen molar-refractivity contribution >= 4 is 12.4 Å². The molecule has 0 amide bonds. The van der Waals surface area contributed by atoms with Crippen molar-refractivity contribution in [2.24, 2.45) is 5.84 Å². The summed E-state index contributed by atoms with van der Waals surface area (Å²) in [7, 11) is 3.98. The van der Waals surface area contributed by atoms with Crippen molar-refractivity contribution in [2.75, 3.05) is 20.6 Å². The molecule has 0 radical (unpaired) electrons. The highest BCUT2D eigenvalue weighted by Crippen LogP contribution is 1.85. The van der Waals surface area contributed by atoms with Gasteiger partial charge in [0.1, 0.15) is 0 Å². The van der Waals surface area contributed by atoms with E-state index in [0.717, 1.165) is 13.0 Å². The minimum atomic E-state index is 0. The molecule has 0 saturated heterocycles. The molecule has 9 heavy (non-hydrogen) atoms. The molecule has 0 unspecified atom stereocenters. The van der Waals surface area contributed by atoms with E-state index in [2.05, 4.69) is 6.92 Å². The molecule has 0 aromatic carbocycles. The lowest BCUT2D eigenvalue weighted by Crippen LogP contribution is -3.00. The Morgan fingerprint density at radius 1 is 1.33 bits per heavy atom. The lowest BCUT2D eigenvalue weighted by atomic mass is 10.4. The van der Waals surface area contributed by atoms with E-state index in [1.54, 1.807) is 0 Å². The average molecular weight is 175 g/mol. The molecule has 0 aliphatic rings. The topological polar surface area (TPSA) is 26.0 Å². The Morgan fingerprint density at radius 3 is 1.67 bits per heavy atom. The van der Waals surface area contributed by atoms with Crippen LogP contribution in [0.3, 0.4) is 0 Å². The summed E-state index contributed by atoms with van der Waals surface area (Å²) in [6.07, 6.45) is 1.16. The van der Waals surface area contributed by atoms with E-state index >= 15 is 0 Å². The molecule has 0 bridgehead atoms. The molecule has 0 aromatic rings. The maximum atomic E-state index is 5.58. The van der Waals surface area contributed by atoms with Gasteiger partial charge in [0.2, 0.25) is 0 Å². The maximum Gasteiger partial charge on any atom is 0.0953 e. The second-order valence-corrected chi connectivity index (χ2v) is 2.50. The Bertz CT molecular complexity index is 51.4. The smallest absolute Gasteiger partial charge is 0.0953 e. The van der Waals surface area contributed by atoms with E-state index in [-0.39, 0.29) is 24.8 Å². The lowest BCUT2D eigenvalue weighted by molar-refractivity contribution is -0.902. The predicted molar refractivity (Wildman–Crippen MR) is 38.7 cm³/mol. The Labute approximate surface area is 69.8 Å². The molecule has 0 atom stereocenters. The van der Waals surface area contributed by atoms with Crippen LogP contribution in [0.2, 0.25) is 0 Å². The normalized spacial score (nSPS) is 9.33. The monoisotopic (exact) mass is 174 g/mol. The first-order valence-electron chi connectivity index (χ1n) is 2.68. The summed E-state index contributed by atoms with van der Waals surface area (Å²) in [5.41, 5.74) is 0. The zero-order valence-electron chi connectivity index (χ0n) is 6.22. The van der Waals surface area contributed by atoms with Gasteiger partial charge in [0.25, 0.3) is 0 Å². The molecular weight excluding hydrogens is 159 g/mol. The van der Waals surface area contributed by atoms with Crippen LogP contribution < -0.4 is 18.2 Å². The van der Waals surface area contributed by atoms with Crippen molar-refractivity contribution < 1.29 is 17.0 Å². The highest BCUT2D eigenvalue weighted by atomic mass is 35.5. The highest BCUT2D eigenvalue weighted by molar-refractivity contribution is 5.85. The first-order valence-corrected chi connectivity index (χ1v) is 2.68. The van der Waals surface area contributed by atoms with Crippen molar-refractivity contribution in [1.82, 2.24) is 0 Å². The summed E-state index contributed by atoms with van der Waals surface area (Å²) in [4.78, 5) is 0. The van der Waals surface area contributed by atoms with E-state index in [4.69, 9.17) is 5.84 Å². The van der Waals surface area contributed by atoms with Gasteiger partial charge < -0.3 is 12.4 Å². The van der Waals surface area contributed by atoms with E-state index in [1.807, 2.05) is 14.1 Å². The number of nitrogens with zero attached hydrogens (tertiary/aromatic N) is 1. The largest absolute Gasteiger partial charge is 1.00 e. The van der Waals surface area contributed by atoms with Crippen molar-refractivity contribution in [1.29, 1.82) is 0 Å². The van der Waals surface area contributed by atoms with Gasteiger partial charge in [0, 0.05) is 0 Å². The van der Waals surface area contributed by atoms with Crippen LogP contribution in [0.1, 0.15) is 13.3 Å². The molecule has 0 saturated carbocycles. The minimum Gasteiger partial charge on any atom is -1.00 e. The van der Waals surface area contributed by atoms with Crippen LogP contribution in [0.15, 0.2) is 0 Å². The van der Waals surface area contributed by atoms with Crippen LogP contribution in [0.5, 0.6) is 0 Å². The van der Waals surface area contributed by atoms with Crippen LogP contribution in [-0.2, 0) is 0 Å². The molecule has 60 valence electrons. The average Bonchev–Trinajstić information content (AvgIpc) is 1.30. The third kappa shape index (κ3) is 17.7. The van der Waals surface area contributed by atoms with Gasteiger partial charge in [0.05, 0.1) is 20.6 Å². The number of halogens is 2. The number of rotatable bonds is 2. The SMILES string of the molecule is CCC[N+](C)(C)N.Cl.[Cl-]. The van der Waals surface area contributed by atoms with Gasteiger partial charge in [0.15, 0.2) is 0 Å². The van der Waals surface area contributed by atoms with Crippen LogP contribution in [0.4, 0.5) is 0 Å². The van der Waals surface area contributed by atoms with Crippen molar-refractivity contribution in [3.05, 3.63) is 0 Å². The number of hydrogen-bond donors (Lipinski definition) is 1. The third-order valence-corrected chi connectivity index (χ3v) is 0.800. The zero-order valence-corrected chi connectivity index (χ0v) is 7.80. The molecule has 0 aliphatic heterocycles. The van der Waals surface area contributed by atoms with Gasteiger partial charge in [-0.15, -0.1) is 12.4 Å². The molecule has 0 spiro atoms. The Balaban J connectivity index is -0.000000180. The second kappa shape index (κ2) is 6.62. The van der Waals surface area contributed by atoms with Gasteiger partial charge in [-0.3, -0.25) is 4.59 Å². The third-order valence-electron chi connectivity index (χ3n) is 0.800. The summed E-state index contributed by atoms with van der Waals surface area (Å²) >= 11 is 0. The summed E-state index contributed by atoms with van der Waals surface area (Å²) in [6, 6.07) is 0. The molecule has 0 heterocycles. The molecule has 4 heteroatoms. The van der Waals surface area contributed by atoms with Crippen LogP contribution >= 0.6 is 12.4 Å². The van der Waals surface area contributed by atoms with Gasteiger partial charge in [-0.05, 0) is 6.42 Å². The van der Waals surface area contributed by atoms with Crippen molar-refractivity contribution in [3.63, 3.8) is 0 Å². The Morgan fingerprint density at radius 2 is 1.67 bits per heavy atom. The van der Waals surface area contributed by atoms with Gasteiger partial charge in [-0.1, -0.05) is 6.92 Å². The van der Waals surface area contributed by atoms with Gasteiger partial charge >= 0.3 is 0 Å². The molecule has 2 nitrogen and oxygen atoms in total. The molecular formula is C5H16Cl2N2. The van der Waals surface area contributed by atoms with Crippen molar-refractivity contribution in [2.45, 2.75) is 13.3 Å². The minimum absolute atomic E-state index is 0. The molecule has 2 N–H and O–H groups in total. The second-order valence-electron chi connectivity index (χ2n) is 2.50. The summed E-state index contributed by atoms with van der Waals surface area (Å²) < 4.78 is 0.594. The Kier molecular flexibility index (Phi) is 11.9. The summed E-state index contributed by atoms with van der Waals surface area (Å²) in [5, 5.41) is 0. The van der Waals surface area contributed by atoms with E-state index in [9.17, 15) is 0 Å². The van der Waals surface area contributed by atoms with E-state index in [0.29, 0.717) is 4.59 Å². The van der Waals surface area contributed by atoms with Crippen molar-refractivity contribution in [3.8, 4) is 0 Å². The molecule has 0 aliphatic carbocycles. The summed E-state index contributed by atoms with van der Waals surface area (Å²) in [5.74, 6) is 5.58. The fourth-order valence-corrected chi connectivity index (χ4v) is 0.576. The maximum absolute atomic E-state index is 5.58. The van der Waals surface area contributed by atoms with Gasteiger partial charge in [-0.2, -0.15) is 5.84 Å². The lowest BCUT2D eigenvalue weighted by Gasteiger charge is -2.20. The predicted octanol–water partition coefficient (Wildman–Crippen LogP) is -2.23. The molecule has 0 rings (SSSR count). The van der Waals surface area contributed by atoms with Crippen LogP contribution in [0, 0.1) is 0 Å². The standard InChI is InChI=1S/C5H15N2.2ClH/c1-4-5-7(2,3)6;;/h4-6H2,1-3H3;2*1H/q+1;;/p-1. The highest BCUT2D eigenvalue weighted by Gasteiger charge is 2.02. The Hall–Kier alpha value is 0.500. The number of hydrogen-bond acceptors (Lipinski definition) is 1. The molecule has 0 fully saturated rings. The van der Waals surface area contributed by atoms with Gasteiger partial charge in [-0.25, -0.2) is 0 Å². The van der Waals surface area contributed by atoms with Crippen LogP contribution in [0.25, 0.3) is 0 Å².